The van der Waals surface area contributed by atoms with Crippen LogP contribution < -0.4 is 0 Å². The van der Waals surface area contributed by atoms with Crippen molar-refractivity contribution in [2.75, 3.05) is 0 Å². The summed E-state index contributed by atoms with van der Waals surface area (Å²) in [6.45, 7) is 0. The molecule has 0 aliphatic heterocycles. The number of rotatable bonds is 1. The Hall–Kier alpha value is -2.21. The van der Waals surface area contributed by atoms with Gasteiger partial charge in [-0.15, -0.1) is 6.42 Å². The topological polar surface area (TPSA) is 38.7 Å². The van der Waals surface area contributed by atoms with E-state index in [2.05, 4.69) is 20.9 Å². The predicted molar refractivity (Wildman–Crippen MR) is 53.2 cm³/mol. The van der Waals surface area contributed by atoms with Crippen LogP contribution in [0, 0.1) is 12.3 Å². The van der Waals surface area contributed by atoms with Crippen LogP contribution in [0.1, 0.15) is 5.69 Å². The van der Waals surface area contributed by atoms with Gasteiger partial charge in [0.25, 0.3) is 0 Å². The summed E-state index contributed by atoms with van der Waals surface area (Å²) in [4.78, 5) is 12.2. The highest BCUT2D eigenvalue weighted by molar-refractivity contribution is 5.56. The summed E-state index contributed by atoms with van der Waals surface area (Å²) in [6.07, 6.45) is 11.9. The lowest BCUT2D eigenvalue weighted by molar-refractivity contribution is 1.19. The van der Waals surface area contributed by atoms with Gasteiger partial charge in [0.2, 0.25) is 0 Å². The molecular weight excluding hydrogens is 174 g/mol. The molecule has 66 valence electrons. The van der Waals surface area contributed by atoms with Gasteiger partial charge in [-0.2, -0.15) is 0 Å². The van der Waals surface area contributed by atoms with Crippen molar-refractivity contribution in [3.05, 3.63) is 42.6 Å². The van der Waals surface area contributed by atoms with Crippen LogP contribution in [-0.4, -0.2) is 15.0 Å². The van der Waals surface area contributed by atoms with Crippen LogP contribution in [0.4, 0.5) is 0 Å². The van der Waals surface area contributed by atoms with Crippen molar-refractivity contribution in [1.82, 2.24) is 15.0 Å². The molecule has 0 atom stereocenters. The van der Waals surface area contributed by atoms with Gasteiger partial charge in [-0.3, -0.25) is 9.97 Å². The van der Waals surface area contributed by atoms with E-state index in [1.165, 1.54) is 0 Å². The zero-order valence-electron chi connectivity index (χ0n) is 7.38. The monoisotopic (exact) mass is 181 g/mol. The van der Waals surface area contributed by atoms with Crippen LogP contribution in [0.3, 0.4) is 0 Å². The molecular formula is C11H7N3. The van der Waals surface area contributed by atoms with E-state index in [-0.39, 0.29) is 0 Å². The number of hydrogen-bond donors (Lipinski definition) is 0. The largest absolute Gasteiger partial charge is 0.261 e. The molecule has 0 aliphatic carbocycles. The van der Waals surface area contributed by atoms with E-state index in [1.54, 1.807) is 30.9 Å². The molecule has 2 rings (SSSR count). The summed E-state index contributed by atoms with van der Waals surface area (Å²) in [5, 5.41) is 0. The summed E-state index contributed by atoms with van der Waals surface area (Å²) < 4.78 is 0. The van der Waals surface area contributed by atoms with Gasteiger partial charge >= 0.3 is 0 Å². The molecule has 0 saturated heterocycles. The minimum atomic E-state index is 0.623. The zero-order valence-corrected chi connectivity index (χ0v) is 7.38. The van der Waals surface area contributed by atoms with Gasteiger partial charge in [-0.25, -0.2) is 4.98 Å². The van der Waals surface area contributed by atoms with Gasteiger partial charge in [0.1, 0.15) is 5.69 Å². The number of aromatic nitrogens is 3. The Morgan fingerprint density at radius 1 is 1.07 bits per heavy atom. The van der Waals surface area contributed by atoms with Crippen molar-refractivity contribution >= 4 is 0 Å². The molecule has 0 aromatic carbocycles. The minimum absolute atomic E-state index is 0.623. The maximum Gasteiger partial charge on any atom is 0.112 e. The molecule has 3 heteroatoms. The first-order valence-electron chi connectivity index (χ1n) is 4.09. The second kappa shape index (κ2) is 3.67. The molecule has 0 saturated carbocycles. The van der Waals surface area contributed by atoms with E-state index in [1.807, 2.05) is 6.07 Å². The highest BCUT2D eigenvalue weighted by atomic mass is 14.8. The van der Waals surface area contributed by atoms with Gasteiger partial charge in [0.15, 0.2) is 0 Å². The van der Waals surface area contributed by atoms with Crippen LogP contribution in [0.2, 0.25) is 0 Å². The van der Waals surface area contributed by atoms with Crippen molar-refractivity contribution in [3.8, 4) is 23.6 Å². The zero-order chi connectivity index (χ0) is 9.80. The molecule has 2 aromatic rings. The van der Waals surface area contributed by atoms with Gasteiger partial charge in [0, 0.05) is 24.2 Å². The molecule has 3 nitrogen and oxygen atoms in total. The number of nitrogens with zero attached hydrogens (tertiary/aromatic N) is 3. The second-order valence-electron chi connectivity index (χ2n) is 2.67. The molecule has 14 heavy (non-hydrogen) atoms. The average molecular weight is 181 g/mol. The second-order valence-corrected chi connectivity index (χ2v) is 2.67. The highest BCUT2D eigenvalue weighted by Gasteiger charge is 1.98. The lowest BCUT2D eigenvalue weighted by Gasteiger charge is -1.98. The van der Waals surface area contributed by atoms with Gasteiger partial charge < -0.3 is 0 Å². The molecule has 0 radical (unpaired) electrons. The number of hydrogen-bond acceptors (Lipinski definition) is 3. The Morgan fingerprint density at radius 3 is 2.57 bits per heavy atom. The summed E-state index contributed by atoms with van der Waals surface area (Å²) in [6, 6.07) is 3.66. The highest BCUT2D eigenvalue weighted by Crippen LogP contribution is 2.13. The van der Waals surface area contributed by atoms with Gasteiger partial charge in [-0.05, 0) is 12.1 Å². The van der Waals surface area contributed by atoms with Crippen LogP contribution in [0.15, 0.2) is 36.9 Å². The molecule has 2 aromatic heterocycles. The SMILES string of the molecule is C#Cc1ccc(-c2cnccn2)cn1. The van der Waals surface area contributed by atoms with Crippen LogP contribution >= 0.6 is 0 Å². The van der Waals surface area contributed by atoms with Crippen molar-refractivity contribution in [1.29, 1.82) is 0 Å². The minimum Gasteiger partial charge on any atom is -0.261 e. The lowest BCUT2D eigenvalue weighted by atomic mass is 10.2. The maximum absolute atomic E-state index is 5.20. The third kappa shape index (κ3) is 1.59. The smallest absolute Gasteiger partial charge is 0.112 e. The van der Waals surface area contributed by atoms with Crippen LogP contribution in [-0.2, 0) is 0 Å². The van der Waals surface area contributed by atoms with E-state index in [0.29, 0.717) is 5.69 Å². The molecule has 0 bridgehead atoms. The Labute approximate surface area is 81.9 Å². The van der Waals surface area contributed by atoms with Crippen LogP contribution in [0.25, 0.3) is 11.3 Å². The summed E-state index contributed by atoms with van der Waals surface area (Å²) in [7, 11) is 0. The third-order valence-electron chi connectivity index (χ3n) is 1.77. The van der Waals surface area contributed by atoms with Crippen molar-refractivity contribution < 1.29 is 0 Å². The fourth-order valence-corrected chi connectivity index (χ4v) is 1.08. The molecule has 0 unspecified atom stereocenters. The Morgan fingerprint density at radius 2 is 2.00 bits per heavy atom. The van der Waals surface area contributed by atoms with Crippen molar-refractivity contribution in [2.45, 2.75) is 0 Å². The summed E-state index contributed by atoms with van der Waals surface area (Å²) >= 11 is 0. The van der Waals surface area contributed by atoms with Crippen molar-refractivity contribution in [3.63, 3.8) is 0 Å². The molecule has 0 aliphatic rings. The molecule has 0 spiro atoms. The Balaban J connectivity index is 2.40. The molecule has 2 heterocycles. The molecule has 0 fully saturated rings. The fourth-order valence-electron chi connectivity index (χ4n) is 1.08. The van der Waals surface area contributed by atoms with E-state index in [0.717, 1.165) is 11.3 Å². The van der Waals surface area contributed by atoms with E-state index < -0.39 is 0 Å². The maximum atomic E-state index is 5.20. The summed E-state index contributed by atoms with van der Waals surface area (Å²) in [5.41, 5.74) is 2.33. The van der Waals surface area contributed by atoms with Gasteiger partial charge in [0.05, 0.1) is 11.9 Å². The van der Waals surface area contributed by atoms with Crippen molar-refractivity contribution in [2.24, 2.45) is 0 Å². The summed E-state index contributed by atoms with van der Waals surface area (Å²) in [5.74, 6) is 2.46. The average Bonchev–Trinajstić information content (AvgIpc) is 2.30. The van der Waals surface area contributed by atoms with Crippen LogP contribution in [0.5, 0.6) is 0 Å². The van der Waals surface area contributed by atoms with E-state index >= 15 is 0 Å². The standard InChI is InChI=1S/C11H7N3/c1-2-10-4-3-9(7-14-10)11-8-12-5-6-13-11/h1,3-8H. The first-order valence-corrected chi connectivity index (χ1v) is 4.09. The van der Waals surface area contributed by atoms with E-state index in [9.17, 15) is 0 Å². The molecule has 0 amide bonds. The number of pyridine rings is 1. The third-order valence-corrected chi connectivity index (χ3v) is 1.77. The predicted octanol–water partition coefficient (Wildman–Crippen LogP) is 1.52. The Bertz CT molecular complexity index is 454. The Kier molecular flexibility index (Phi) is 2.20. The lowest BCUT2D eigenvalue weighted by Crippen LogP contribution is -1.87. The normalized spacial score (nSPS) is 9.36. The van der Waals surface area contributed by atoms with Gasteiger partial charge in [-0.1, -0.05) is 5.92 Å². The molecule has 0 N–H and O–H groups in total. The number of terminal acetylenes is 1. The quantitative estimate of drug-likeness (QED) is 0.626. The van der Waals surface area contributed by atoms with E-state index in [4.69, 9.17) is 6.42 Å². The fraction of sp³-hybridized carbons (Fsp3) is 0. The first-order chi connectivity index (χ1) is 6.90. The first kappa shape index (κ1) is 8.39.